The lowest BCUT2D eigenvalue weighted by molar-refractivity contribution is -0.388. The number of nitrogens with one attached hydrogen (secondary N) is 1. The average molecular weight is 108 g/mol. The number of rotatable bonds is 0. The van der Waals surface area contributed by atoms with E-state index in [4.69, 9.17) is 0 Å². The van der Waals surface area contributed by atoms with E-state index >= 15 is 0 Å². The second-order valence-corrected chi connectivity index (χ2v) is 1.98. The second kappa shape index (κ2) is 1.95. The maximum Gasteiger partial charge on any atom is 0.179 e. The third-order valence-corrected chi connectivity index (χ3v) is 1.33. The van der Waals surface area contributed by atoms with Gasteiger partial charge in [-0.2, -0.15) is 0 Å². The van der Waals surface area contributed by atoms with Gasteiger partial charge in [-0.3, -0.25) is 0 Å². The lowest BCUT2D eigenvalue weighted by atomic mass is 10.2. The highest BCUT2D eigenvalue weighted by atomic mass is 14.6. The second-order valence-electron chi connectivity index (χ2n) is 1.98. The summed E-state index contributed by atoms with van der Waals surface area (Å²) in [6.07, 6.45) is 1.93. The molecule has 0 fully saturated rings. The van der Waals surface area contributed by atoms with Gasteiger partial charge in [-0.15, -0.1) is 0 Å². The van der Waals surface area contributed by atoms with Gasteiger partial charge in [0.25, 0.3) is 0 Å². The minimum absolute atomic E-state index is 1.24. The van der Waals surface area contributed by atoms with E-state index in [1.165, 1.54) is 11.3 Å². The van der Waals surface area contributed by atoms with Crippen LogP contribution in [-0.4, -0.2) is 0 Å². The molecule has 8 heavy (non-hydrogen) atoms. The highest BCUT2D eigenvalue weighted by Crippen LogP contribution is 1.94. The Kier molecular flexibility index (Phi) is 1.29. The van der Waals surface area contributed by atoms with Gasteiger partial charge in [-0.1, -0.05) is 0 Å². The number of hydrogen-bond donors (Lipinski definition) is 0. The zero-order valence-electron chi connectivity index (χ0n) is 5.23. The number of hydrogen-bond acceptors (Lipinski definition) is 0. The van der Waals surface area contributed by atoms with E-state index in [-0.39, 0.29) is 0 Å². The van der Waals surface area contributed by atoms with Crippen LogP contribution in [-0.2, 0) is 0 Å². The zero-order chi connectivity index (χ0) is 5.98. The van der Waals surface area contributed by atoms with Crippen LogP contribution in [0.25, 0.3) is 0 Å². The highest BCUT2D eigenvalue weighted by molar-refractivity contribution is 5.10. The van der Waals surface area contributed by atoms with E-state index in [9.17, 15) is 0 Å². The molecule has 0 aliphatic heterocycles. The highest BCUT2D eigenvalue weighted by Gasteiger charge is 1.92. The lowest BCUT2D eigenvalue weighted by Crippen LogP contribution is -2.06. The van der Waals surface area contributed by atoms with Gasteiger partial charge in [0, 0.05) is 18.6 Å². The number of H-pyrrole nitrogens is 1. The molecular formula is C7H10N+. The normalized spacial score (nSPS) is 9.25. The molecule has 0 radical (unpaired) electrons. The smallest absolute Gasteiger partial charge is 0.179 e. The summed E-state index contributed by atoms with van der Waals surface area (Å²) in [7, 11) is 0. The van der Waals surface area contributed by atoms with E-state index in [1.807, 2.05) is 12.3 Å². The van der Waals surface area contributed by atoms with Crippen molar-refractivity contribution in [3.8, 4) is 0 Å². The van der Waals surface area contributed by atoms with Crippen LogP contribution in [0, 0.1) is 13.8 Å². The Morgan fingerprint density at radius 2 is 2.12 bits per heavy atom. The molecule has 42 valence electrons. The molecule has 1 rings (SSSR count). The molecule has 0 unspecified atom stereocenters. The molecule has 0 saturated heterocycles. The van der Waals surface area contributed by atoms with Crippen molar-refractivity contribution in [1.82, 2.24) is 0 Å². The quantitative estimate of drug-likeness (QED) is 0.473. The fourth-order valence-corrected chi connectivity index (χ4v) is 0.604. The van der Waals surface area contributed by atoms with Gasteiger partial charge >= 0.3 is 0 Å². The number of pyridine rings is 1. The summed E-state index contributed by atoms with van der Waals surface area (Å²) in [6, 6.07) is 4.09. The van der Waals surface area contributed by atoms with Crippen molar-refractivity contribution >= 4 is 0 Å². The van der Waals surface area contributed by atoms with Gasteiger partial charge in [-0.25, -0.2) is 4.98 Å². The predicted octanol–water partition coefficient (Wildman–Crippen LogP) is 1.12. The molecular weight excluding hydrogens is 98.1 g/mol. The zero-order valence-corrected chi connectivity index (χ0v) is 5.23. The van der Waals surface area contributed by atoms with Crippen molar-refractivity contribution in [2.24, 2.45) is 0 Å². The molecule has 1 heteroatoms. The predicted molar refractivity (Wildman–Crippen MR) is 32.5 cm³/mol. The Labute approximate surface area is 49.4 Å². The third-order valence-electron chi connectivity index (χ3n) is 1.33. The van der Waals surface area contributed by atoms with Gasteiger partial charge in [0.15, 0.2) is 11.9 Å². The fourth-order valence-electron chi connectivity index (χ4n) is 0.604. The largest absolute Gasteiger partial charge is 0.215 e. The van der Waals surface area contributed by atoms with Crippen LogP contribution in [0.1, 0.15) is 11.3 Å². The van der Waals surface area contributed by atoms with Crippen molar-refractivity contribution in [1.29, 1.82) is 0 Å². The van der Waals surface area contributed by atoms with Crippen LogP contribution in [0.15, 0.2) is 18.3 Å². The maximum absolute atomic E-state index is 3.10. The summed E-state index contributed by atoms with van der Waals surface area (Å²) in [6.45, 7) is 4.15. The Bertz CT molecular complexity index is 160. The monoisotopic (exact) mass is 108 g/mol. The molecule has 0 aliphatic rings. The standard InChI is InChI=1S/C7H9N/c1-6-4-3-5-8-7(6)2/h3-5H,1-2H3/p+1. The van der Waals surface area contributed by atoms with Crippen molar-refractivity contribution in [3.63, 3.8) is 0 Å². The van der Waals surface area contributed by atoms with Crippen LogP contribution < -0.4 is 4.98 Å². The van der Waals surface area contributed by atoms with E-state index in [0.717, 1.165) is 0 Å². The van der Waals surface area contributed by atoms with Gasteiger partial charge < -0.3 is 0 Å². The summed E-state index contributed by atoms with van der Waals surface area (Å²) >= 11 is 0. The van der Waals surface area contributed by atoms with Crippen molar-refractivity contribution in [3.05, 3.63) is 29.6 Å². The van der Waals surface area contributed by atoms with Gasteiger partial charge in [0.1, 0.15) is 0 Å². The van der Waals surface area contributed by atoms with E-state index < -0.39 is 0 Å². The molecule has 1 aromatic heterocycles. The Hall–Kier alpha value is -0.850. The van der Waals surface area contributed by atoms with Gasteiger partial charge in [-0.05, 0) is 13.0 Å². The molecule has 0 amide bonds. The lowest BCUT2D eigenvalue weighted by Gasteiger charge is -1.85. The summed E-state index contributed by atoms with van der Waals surface area (Å²) < 4.78 is 0. The minimum atomic E-state index is 1.24. The van der Waals surface area contributed by atoms with E-state index in [1.54, 1.807) is 0 Å². The van der Waals surface area contributed by atoms with Crippen LogP contribution in [0.3, 0.4) is 0 Å². The molecule has 0 spiro atoms. The molecule has 0 saturated carbocycles. The van der Waals surface area contributed by atoms with Gasteiger partial charge in [0.05, 0.1) is 0 Å². The number of aromatic amines is 1. The average Bonchev–Trinajstić information content (AvgIpc) is 1.77. The molecule has 0 bridgehead atoms. The molecule has 1 heterocycles. The summed E-state index contributed by atoms with van der Waals surface area (Å²) in [5.41, 5.74) is 2.56. The minimum Gasteiger partial charge on any atom is -0.215 e. The van der Waals surface area contributed by atoms with Crippen LogP contribution in [0.2, 0.25) is 0 Å². The molecule has 1 aromatic rings. The number of aromatic nitrogens is 1. The molecule has 0 atom stereocenters. The van der Waals surface area contributed by atoms with E-state index in [2.05, 4.69) is 24.9 Å². The maximum atomic E-state index is 3.10. The van der Waals surface area contributed by atoms with Crippen molar-refractivity contribution < 1.29 is 4.98 Å². The summed E-state index contributed by atoms with van der Waals surface area (Å²) in [5.74, 6) is 0. The fraction of sp³-hybridized carbons (Fsp3) is 0.286. The summed E-state index contributed by atoms with van der Waals surface area (Å²) in [4.78, 5) is 3.10. The first-order valence-electron chi connectivity index (χ1n) is 2.74. The van der Waals surface area contributed by atoms with Crippen molar-refractivity contribution in [2.75, 3.05) is 0 Å². The summed E-state index contributed by atoms with van der Waals surface area (Å²) in [5, 5.41) is 0. The molecule has 0 aromatic carbocycles. The van der Waals surface area contributed by atoms with Crippen LogP contribution in [0.4, 0.5) is 0 Å². The Balaban J connectivity index is 3.13. The molecule has 1 nitrogen and oxygen atoms in total. The first-order chi connectivity index (χ1) is 3.80. The van der Waals surface area contributed by atoms with Crippen molar-refractivity contribution in [2.45, 2.75) is 13.8 Å². The number of aryl methyl sites for hydroxylation is 2. The first-order valence-corrected chi connectivity index (χ1v) is 2.74. The van der Waals surface area contributed by atoms with Crippen LogP contribution >= 0.6 is 0 Å². The molecule has 1 N–H and O–H groups in total. The Morgan fingerprint density at radius 1 is 1.38 bits per heavy atom. The van der Waals surface area contributed by atoms with Gasteiger partial charge in [0.2, 0.25) is 0 Å². The third kappa shape index (κ3) is 0.861. The molecule has 0 aliphatic carbocycles. The van der Waals surface area contributed by atoms with Crippen LogP contribution in [0.5, 0.6) is 0 Å². The first kappa shape index (κ1) is 5.29. The Morgan fingerprint density at radius 3 is 2.50 bits per heavy atom. The topological polar surface area (TPSA) is 14.1 Å². The van der Waals surface area contributed by atoms with E-state index in [0.29, 0.717) is 0 Å². The SMILES string of the molecule is Cc1ccc[nH+]c1C.